The number of ether oxygens (including phenoxy) is 2. The van der Waals surface area contributed by atoms with Gasteiger partial charge in [-0.1, -0.05) is 17.7 Å². The molecule has 0 amide bonds. The zero-order valence-corrected chi connectivity index (χ0v) is 21.6. The molecule has 3 aromatic rings. The fourth-order valence-electron chi connectivity index (χ4n) is 3.41. The second kappa shape index (κ2) is 11.8. The van der Waals surface area contributed by atoms with Crippen molar-refractivity contribution in [3.8, 4) is 11.5 Å². The number of aryl methyl sites for hydroxylation is 3. The third-order valence-electron chi connectivity index (χ3n) is 4.76. The lowest BCUT2D eigenvalue weighted by Gasteiger charge is -2.14. The number of hydrogen-bond donors (Lipinski definition) is 0. The van der Waals surface area contributed by atoms with Gasteiger partial charge in [0, 0.05) is 11.1 Å². The lowest BCUT2D eigenvalue weighted by molar-refractivity contribution is -0.0517. The lowest BCUT2D eigenvalue weighted by atomic mass is 10.1. The Morgan fingerprint density at radius 3 is 1.60 bits per heavy atom. The molecule has 0 N–H and O–H groups in total. The van der Waals surface area contributed by atoms with E-state index >= 15 is 0 Å². The van der Waals surface area contributed by atoms with Crippen molar-refractivity contribution in [2.24, 2.45) is 0 Å². The Hall–Kier alpha value is -2.69. The second-order valence-corrected chi connectivity index (χ2v) is 10.8. The van der Waals surface area contributed by atoms with Crippen LogP contribution in [0.4, 0.5) is 13.2 Å². The van der Waals surface area contributed by atoms with Gasteiger partial charge < -0.3 is 14.0 Å². The molecule has 3 aromatic carbocycles. The van der Waals surface area contributed by atoms with E-state index in [-0.39, 0.29) is 10.9 Å². The minimum Gasteiger partial charge on any atom is -0.741 e. The Morgan fingerprint density at radius 1 is 0.857 bits per heavy atom. The average Bonchev–Trinajstić information content (AvgIpc) is 2.76. The summed E-state index contributed by atoms with van der Waals surface area (Å²) in [6.45, 7) is 9.28. The van der Waals surface area contributed by atoms with Crippen molar-refractivity contribution in [2.45, 2.75) is 47.9 Å². The molecule has 0 saturated heterocycles. The van der Waals surface area contributed by atoms with E-state index in [1.165, 1.54) is 31.4 Å². The normalized spacial score (nSPS) is 12.4. The Kier molecular flexibility index (Phi) is 9.65. The van der Waals surface area contributed by atoms with Crippen molar-refractivity contribution in [3.05, 3.63) is 77.4 Å². The van der Waals surface area contributed by atoms with Crippen LogP contribution in [0.2, 0.25) is 0 Å². The summed E-state index contributed by atoms with van der Waals surface area (Å²) in [5, 5.41) is 0. The number of methoxy groups -OCH3 is 1. The predicted molar refractivity (Wildman–Crippen MR) is 129 cm³/mol. The van der Waals surface area contributed by atoms with Crippen LogP contribution >= 0.6 is 0 Å². The lowest BCUT2D eigenvalue weighted by Crippen LogP contribution is -2.21. The molecule has 1 unspecified atom stereocenters. The van der Waals surface area contributed by atoms with E-state index in [2.05, 4.69) is 69.3 Å². The number of hydrogen-bond acceptors (Lipinski definition) is 5. The maximum atomic E-state index is 10.7. The van der Waals surface area contributed by atoms with Crippen molar-refractivity contribution >= 4 is 21.0 Å². The third-order valence-corrected chi connectivity index (χ3v) is 7.86. The fourth-order valence-corrected chi connectivity index (χ4v) is 5.73. The first-order valence-corrected chi connectivity index (χ1v) is 13.1. The zero-order valence-electron chi connectivity index (χ0n) is 20.0. The van der Waals surface area contributed by atoms with Gasteiger partial charge in [-0.25, -0.2) is 8.42 Å². The standard InChI is InChI=1S/C24H27O2S.CHF3O3S/c1-6-26-21-9-13-23(14-10-21)27(22-11-7-20(25-5)8-12-22)24-18(3)15-17(2)16-19(24)4;2-1(3,4)8(5,6)7/h7-16H,6H2,1-5H3;(H,5,6,7)/q+1;/p-1. The zero-order chi connectivity index (χ0) is 26.4. The highest BCUT2D eigenvalue weighted by atomic mass is 32.2. The Balaban J connectivity index is 0.000000466. The largest absolute Gasteiger partial charge is 0.741 e. The SMILES string of the molecule is CCOc1ccc([S+](c2ccc(OC)cc2)c2c(C)cc(C)cc2C)cc1.O=S(=O)([O-])C(F)(F)F. The fraction of sp³-hybridized carbons (Fsp3) is 0.280. The van der Waals surface area contributed by atoms with E-state index in [0.29, 0.717) is 6.61 Å². The van der Waals surface area contributed by atoms with Crippen molar-refractivity contribution in [2.75, 3.05) is 13.7 Å². The van der Waals surface area contributed by atoms with Gasteiger partial charge in [0.2, 0.25) is 0 Å². The number of rotatable bonds is 6. The van der Waals surface area contributed by atoms with Crippen LogP contribution in [-0.2, 0) is 21.0 Å². The van der Waals surface area contributed by atoms with Gasteiger partial charge in [0.05, 0.1) is 24.6 Å². The van der Waals surface area contributed by atoms with E-state index in [9.17, 15) is 13.2 Å². The van der Waals surface area contributed by atoms with Gasteiger partial charge in [-0.3, -0.25) is 0 Å². The van der Waals surface area contributed by atoms with Gasteiger partial charge in [0.1, 0.15) is 11.5 Å². The summed E-state index contributed by atoms with van der Waals surface area (Å²) in [7, 11) is -4.57. The van der Waals surface area contributed by atoms with E-state index in [1.807, 2.05) is 19.1 Å². The highest BCUT2D eigenvalue weighted by Crippen LogP contribution is 2.37. The van der Waals surface area contributed by atoms with Gasteiger partial charge in [-0.15, -0.1) is 0 Å². The molecular formula is C25H27F3O5S2. The summed E-state index contributed by atoms with van der Waals surface area (Å²) in [5.41, 5.74) is -1.67. The van der Waals surface area contributed by atoms with Gasteiger partial charge in [-0.2, -0.15) is 13.2 Å². The number of alkyl halides is 3. The first kappa shape index (κ1) is 28.5. The Bertz CT molecular complexity index is 1200. The number of halogens is 3. The van der Waals surface area contributed by atoms with Crippen molar-refractivity contribution in [3.63, 3.8) is 0 Å². The molecular weight excluding hydrogens is 501 g/mol. The molecule has 0 saturated carbocycles. The van der Waals surface area contributed by atoms with E-state index in [4.69, 9.17) is 22.4 Å². The molecule has 0 aliphatic rings. The molecule has 0 aliphatic carbocycles. The maximum absolute atomic E-state index is 10.7. The molecule has 0 radical (unpaired) electrons. The summed E-state index contributed by atoms with van der Waals surface area (Å²) < 4.78 is 69.9. The van der Waals surface area contributed by atoms with Crippen LogP contribution in [0.1, 0.15) is 23.6 Å². The predicted octanol–water partition coefficient (Wildman–Crippen LogP) is 6.17. The molecule has 0 spiro atoms. The summed E-state index contributed by atoms with van der Waals surface area (Å²) in [6.07, 6.45) is 0. The quantitative estimate of drug-likeness (QED) is 0.217. The minimum atomic E-state index is -6.09. The molecule has 5 nitrogen and oxygen atoms in total. The van der Waals surface area contributed by atoms with Crippen LogP contribution in [-0.4, -0.2) is 32.2 Å². The van der Waals surface area contributed by atoms with Crippen LogP contribution in [0, 0.1) is 20.8 Å². The number of benzene rings is 3. The molecule has 1 atom stereocenters. The molecule has 0 fully saturated rings. The summed E-state index contributed by atoms with van der Waals surface area (Å²) in [4.78, 5) is 3.98. The van der Waals surface area contributed by atoms with E-state index in [0.717, 1.165) is 11.5 Å². The van der Waals surface area contributed by atoms with Gasteiger partial charge in [0.25, 0.3) is 0 Å². The van der Waals surface area contributed by atoms with Crippen molar-refractivity contribution < 1.29 is 35.6 Å². The first-order valence-electron chi connectivity index (χ1n) is 10.5. The van der Waals surface area contributed by atoms with E-state index < -0.39 is 15.6 Å². The highest BCUT2D eigenvalue weighted by molar-refractivity contribution is 7.97. The minimum absolute atomic E-state index is 0.180. The second-order valence-electron chi connectivity index (χ2n) is 7.51. The molecule has 35 heavy (non-hydrogen) atoms. The highest BCUT2D eigenvalue weighted by Gasteiger charge is 2.37. The van der Waals surface area contributed by atoms with Crippen LogP contribution in [0.3, 0.4) is 0 Å². The van der Waals surface area contributed by atoms with Crippen molar-refractivity contribution in [1.82, 2.24) is 0 Å². The molecule has 10 heteroatoms. The molecule has 3 rings (SSSR count). The van der Waals surface area contributed by atoms with Crippen LogP contribution in [0.25, 0.3) is 0 Å². The molecule has 0 bridgehead atoms. The summed E-state index contributed by atoms with van der Waals surface area (Å²) >= 11 is 0. The Morgan fingerprint density at radius 2 is 1.26 bits per heavy atom. The third kappa shape index (κ3) is 7.65. The maximum Gasteiger partial charge on any atom is 0.485 e. The first-order chi connectivity index (χ1) is 16.3. The van der Waals surface area contributed by atoms with E-state index in [1.54, 1.807) is 7.11 Å². The summed E-state index contributed by atoms with van der Waals surface area (Å²) in [6, 6.07) is 21.5. The van der Waals surface area contributed by atoms with Crippen molar-refractivity contribution in [1.29, 1.82) is 0 Å². The molecule has 0 aromatic heterocycles. The van der Waals surface area contributed by atoms with Crippen LogP contribution in [0.5, 0.6) is 11.5 Å². The average molecular weight is 529 g/mol. The summed E-state index contributed by atoms with van der Waals surface area (Å²) in [5.74, 6) is 1.79. The monoisotopic (exact) mass is 528 g/mol. The van der Waals surface area contributed by atoms with Gasteiger partial charge in [-0.05, 0) is 76.2 Å². The van der Waals surface area contributed by atoms with Crippen LogP contribution in [0.15, 0.2) is 75.4 Å². The smallest absolute Gasteiger partial charge is 0.485 e. The molecule has 0 aliphatic heterocycles. The molecule has 190 valence electrons. The van der Waals surface area contributed by atoms with Gasteiger partial charge in [0.15, 0.2) is 24.8 Å². The topological polar surface area (TPSA) is 75.7 Å². The Labute approximate surface area is 207 Å². The van der Waals surface area contributed by atoms with Gasteiger partial charge >= 0.3 is 5.51 Å². The molecule has 0 heterocycles. The van der Waals surface area contributed by atoms with Crippen LogP contribution < -0.4 is 9.47 Å².